The third-order valence-corrected chi connectivity index (χ3v) is 1.56. The maximum Gasteiger partial charge on any atom is 0.358 e. The molecule has 0 bridgehead atoms. The predicted octanol–water partition coefficient (Wildman–Crippen LogP) is 0.936. The minimum absolute atomic E-state index is 0.222. The van der Waals surface area contributed by atoms with Crippen molar-refractivity contribution in [3.05, 3.63) is 17.7 Å². The normalized spacial score (nSPS) is 9.64. The Labute approximate surface area is 79.1 Å². The summed E-state index contributed by atoms with van der Waals surface area (Å²) < 4.78 is 22.4. The molecule has 1 rings (SSSR count). The van der Waals surface area contributed by atoms with E-state index in [0.717, 1.165) is 6.20 Å². The number of carboxylic acids is 1. The van der Waals surface area contributed by atoms with Crippen molar-refractivity contribution in [1.82, 2.24) is 4.98 Å². The molecule has 0 atom stereocenters. The molecule has 1 aromatic rings. The van der Waals surface area contributed by atoms with Gasteiger partial charge in [-0.2, -0.15) is 0 Å². The lowest BCUT2D eigenvalue weighted by molar-refractivity contribution is 0.0685. The van der Waals surface area contributed by atoms with Gasteiger partial charge in [-0.05, 0) is 0 Å². The van der Waals surface area contributed by atoms with Crippen LogP contribution in [-0.2, 0) is 0 Å². The van der Waals surface area contributed by atoms with Crippen LogP contribution >= 0.6 is 0 Å². The van der Waals surface area contributed by atoms with Gasteiger partial charge in [-0.3, -0.25) is 0 Å². The van der Waals surface area contributed by atoms with Gasteiger partial charge in [0.1, 0.15) is 0 Å². The molecule has 0 amide bonds. The third-order valence-electron chi connectivity index (χ3n) is 1.56. The van der Waals surface area contributed by atoms with E-state index in [9.17, 15) is 9.18 Å². The molecule has 5 nitrogen and oxygen atoms in total. The van der Waals surface area contributed by atoms with Crippen LogP contribution in [-0.4, -0.2) is 30.3 Å². The molecule has 6 heteroatoms. The molecular weight excluding hydrogens is 193 g/mol. The van der Waals surface area contributed by atoms with Crippen LogP contribution in [0.15, 0.2) is 6.20 Å². The van der Waals surface area contributed by atoms with Crippen LogP contribution in [0, 0.1) is 5.82 Å². The van der Waals surface area contributed by atoms with E-state index in [1.807, 2.05) is 0 Å². The molecule has 0 saturated heterocycles. The van der Waals surface area contributed by atoms with Gasteiger partial charge in [0, 0.05) is 0 Å². The van der Waals surface area contributed by atoms with Crippen molar-refractivity contribution in [3.8, 4) is 11.5 Å². The second kappa shape index (κ2) is 3.91. The molecule has 0 fully saturated rings. The first kappa shape index (κ1) is 10.2. The molecule has 0 radical (unpaired) electrons. The highest BCUT2D eigenvalue weighted by molar-refractivity contribution is 5.89. The number of hydrogen-bond donors (Lipinski definition) is 1. The number of pyridine rings is 1. The number of aromatic carboxylic acids is 1. The topological polar surface area (TPSA) is 68.7 Å². The summed E-state index contributed by atoms with van der Waals surface area (Å²) in [4.78, 5) is 14.0. The summed E-state index contributed by atoms with van der Waals surface area (Å²) in [5.74, 6) is -2.56. The first-order valence-corrected chi connectivity index (χ1v) is 3.61. The molecule has 0 saturated carbocycles. The Morgan fingerprint density at radius 2 is 2.00 bits per heavy atom. The van der Waals surface area contributed by atoms with Crippen LogP contribution in [0.1, 0.15) is 10.5 Å². The molecule has 0 unspecified atom stereocenters. The van der Waals surface area contributed by atoms with Crippen LogP contribution in [0.25, 0.3) is 0 Å². The van der Waals surface area contributed by atoms with E-state index in [-0.39, 0.29) is 17.2 Å². The molecule has 0 aliphatic heterocycles. The Hall–Kier alpha value is -1.85. The number of methoxy groups -OCH3 is 2. The van der Waals surface area contributed by atoms with Gasteiger partial charge in [0.05, 0.1) is 20.4 Å². The van der Waals surface area contributed by atoms with E-state index >= 15 is 0 Å². The third kappa shape index (κ3) is 1.59. The van der Waals surface area contributed by atoms with Gasteiger partial charge in [-0.15, -0.1) is 0 Å². The minimum atomic E-state index is -1.31. The highest BCUT2D eigenvalue weighted by Gasteiger charge is 2.20. The summed E-state index contributed by atoms with van der Waals surface area (Å²) in [5.41, 5.74) is -0.384. The summed E-state index contributed by atoms with van der Waals surface area (Å²) in [6.07, 6.45) is 0.769. The minimum Gasteiger partial charge on any atom is -0.491 e. The van der Waals surface area contributed by atoms with Crippen molar-refractivity contribution in [2.75, 3.05) is 14.2 Å². The Kier molecular flexibility index (Phi) is 2.85. The zero-order valence-corrected chi connectivity index (χ0v) is 7.57. The highest BCUT2D eigenvalue weighted by atomic mass is 19.1. The molecule has 1 aromatic heterocycles. The molecule has 1 heterocycles. The second-order valence-corrected chi connectivity index (χ2v) is 2.33. The van der Waals surface area contributed by atoms with Gasteiger partial charge in [0.2, 0.25) is 5.75 Å². The summed E-state index contributed by atoms with van der Waals surface area (Å²) >= 11 is 0. The molecular formula is C8H8FNO4. The molecule has 0 aliphatic carbocycles. The van der Waals surface area contributed by atoms with Crippen LogP contribution in [0.4, 0.5) is 4.39 Å². The fourth-order valence-electron chi connectivity index (χ4n) is 0.986. The summed E-state index contributed by atoms with van der Waals surface area (Å²) in [6.45, 7) is 0. The van der Waals surface area contributed by atoms with Gasteiger partial charge in [-0.25, -0.2) is 14.2 Å². The average molecular weight is 201 g/mol. The zero-order chi connectivity index (χ0) is 10.7. The number of rotatable bonds is 3. The quantitative estimate of drug-likeness (QED) is 0.787. The van der Waals surface area contributed by atoms with Crippen LogP contribution < -0.4 is 9.47 Å². The monoisotopic (exact) mass is 201 g/mol. The van der Waals surface area contributed by atoms with E-state index in [2.05, 4.69) is 9.72 Å². The Bertz CT molecular complexity index is 367. The fourth-order valence-corrected chi connectivity index (χ4v) is 0.986. The molecule has 76 valence electrons. The van der Waals surface area contributed by atoms with Gasteiger partial charge < -0.3 is 14.6 Å². The first-order valence-electron chi connectivity index (χ1n) is 3.61. The van der Waals surface area contributed by atoms with Gasteiger partial charge in [-0.1, -0.05) is 0 Å². The van der Waals surface area contributed by atoms with Crippen LogP contribution in [0.5, 0.6) is 11.5 Å². The molecule has 0 spiro atoms. The van der Waals surface area contributed by atoms with Gasteiger partial charge in [0.15, 0.2) is 17.3 Å². The van der Waals surface area contributed by atoms with E-state index < -0.39 is 11.8 Å². The lowest BCUT2D eigenvalue weighted by atomic mass is 10.3. The lowest BCUT2D eigenvalue weighted by Crippen LogP contribution is -2.06. The number of aromatic nitrogens is 1. The predicted molar refractivity (Wildman–Crippen MR) is 44.3 cm³/mol. The van der Waals surface area contributed by atoms with Crippen molar-refractivity contribution in [3.63, 3.8) is 0 Å². The van der Waals surface area contributed by atoms with Crippen LogP contribution in [0.2, 0.25) is 0 Å². The van der Waals surface area contributed by atoms with Gasteiger partial charge in [0.25, 0.3) is 0 Å². The maximum atomic E-state index is 13.0. The average Bonchev–Trinajstić information content (AvgIpc) is 2.16. The number of hydrogen-bond acceptors (Lipinski definition) is 4. The SMILES string of the molecule is COc1c(F)cnc(C(=O)O)c1OC. The maximum absolute atomic E-state index is 13.0. The summed E-state index contributed by atoms with van der Waals surface area (Å²) in [7, 11) is 2.43. The number of carboxylic acid groups (broad SMARTS) is 1. The van der Waals surface area contributed by atoms with E-state index in [0.29, 0.717) is 0 Å². The van der Waals surface area contributed by atoms with Crippen molar-refractivity contribution in [2.45, 2.75) is 0 Å². The van der Waals surface area contributed by atoms with Crippen molar-refractivity contribution in [1.29, 1.82) is 0 Å². The van der Waals surface area contributed by atoms with Gasteiger partial charge >= 0.3 is 5.97 Å². The van der Waals surface area contributed by atoms with E-state index in [1.54, 1.807) is 0 Å². The number of nitrogens with zero attached hydrogens (tertiary/aromatic N) is 1. The standard InChI is InChI=1S/C8H8FNO4/c1-13-6-4(9)3-10-5(8(11)12)7(6)14-2/h3H,1-2H3,(H,11,12). The molecule has 14 heavy (non-hydrogen) atoms. The summed E-state index contributed by atoms with van der Waals surface area (Å²) in [6, 6.07) is 0. The summed E-state index contributed by atoms with van der Waals surface area (Å²) in [5, 5.41) is 8.69. The van der Waals surface area contributed by atoms with E-state index in [4.69, 9.17) is 9.84 Å². The number of carbonyl (C=O) groups is 1. The first-order chi connectivity index (χ1) is 6.61. The smallest absolute Gasteiger partial charge is 0.358 e. The molecule has 1 N–H and O–H groups in total. The van der Waals surface area contributed by atoms with Crippen molar-refractivity contribution >= 4 is 5.97 Å². The Morgan fingerprint density at radius 3 is 2.43 bits per heavy atom. The van der Waals surface area contributed by atoms with Crippen molar-refractivity contribution < 1.29 is 23.8 Å². The number of halogens is 1. The molecule has 0 aromatic carbocycles. The Balaban J connectivity index is 3.40. The fraction of sp³-hybridized carbons (Fsp3) is 0.250. The number of ether oxygens (including phenoxy) is 2. The molecule has 0 aliphatic rings. The highest BCUT2D eigenvalue weighted by Crippen LogP contribution is 2.31. The lowest BCUT2D eigenvalue weighted by Gasteiger charge is -2.09. The Morgan fingerprint density at radius 1 is 1.43 bits per heavy atom. The second-order valence-electron chi connectivity index (χ2n) is 2.33. The largest absolute Gasteiger partial charge is 0.491 e. The van der Waals surface area contributed by atoms with Crippen molar-refractivity contribution in [2.24, 2.45) is 0 Å². The zero-order valence-electron chi connectivity index (χ0n) is 7.57. The van der Waals surface area contributed by atoms with Crippen LogP contribution in [0.3, 0.4) is 0 Å². The van der Waals surface area contributed by atoms with E-state index in [1.165, 1.54) is 14.2 Å².